The summed E-state index contributed by atoms with van der Waals surface area (Å²) in [6, 6.07) is 2.60. The van der Waals surface area contributed by atoms with Gasteiger partial charge < -0.3 is 19.9 Å². The quantitative estimate of drug-likeness (QED) is 0.861. The van der Waals surface area contributed by atoms with E-state index in [0.717, 1.165) is 0 Å². The molecule has 0 spiro atoms. The number of benzene rings is 1. The maximum atomic E-state index is 11.5. The van der Waals surface area contributed by atoms with Crippen LogP contribution in [0.1, 0.15) is 18.5 Å². The maximum Gasteiger partial charge on any atom is 0.327 e. The van der Waals surface area contributed by atoms with Crippen molar-refractivity contribution in [3.05, 3.63) is 22.2 Å². The third-order valence-corrected chi connectivity index (χ3v) is 2.94. The van der Waals surface area contributed by atoms with Gasteiger partial charge in [0, 0.05) is 0 Å². The van der Waals surface area contributed by atoms with Gasteiger partial charge in [-0.15, -0.1) is 0 Å². The Hall–Kier alpha value is -1.27. The molecule has 6 heteroatoms. The average molecular weight is 302 g/mol. The second-order valence-electron chi connectivity index (χ2n) is 3.47. The minimum absolute atomic E-state index is 0.173. The van der Waals surface area contributed by atoms with Crippen LogP contribution in [-0.4, -0.2) is 19.4 Å². The van der Waals surface area contributed by atoms with Gasteiger partial charge in [0.1, 0.15) is 6.04 Å². The molecule has 1 heterocycles. The third kappa shape index (κ3) is 2.37. The van der Waals surface area contributed by atoms with Crippen LogP contribution in [0.4, 0.5) is 0 Å². The number of nitrogens with two attached hydrogens (primary N) is 1. The van der Waals surface area contributed by atoms with Crippen LogP contribution in [-0.2, 0) is 9.53 Å². The fourth-order valence-corrected chi connectivity index (χ4v) is 2.11. The van der Waals surface area contributed by atoms with Gasteiger partial charge in [0.15, 0.2) is 11.5 Å². The van der Waals surface area contributed by atoms with Crippen LogP contribution >= 0.6 is 15.9 Å². The van der Waals surface area contributed by atoms with E-state index in [2.05, 4.69) is 15.9 Å². The number of hydrogen-bond donors (Lipinski definition) is 1. The molecule has 0 saturated carbocycles. The van der Waals surface area contributed by atoms with E-state index in [0.29, 0.717) is 28.1 Å². The summed E-state index contributed by atoms with van der Waals surface area (Å²) in [6.07, 6.45) is 0. The van der Waals surface area contributed by atoms with E-state index in [9.17, 15) is 4.79 Å². The molecule has 2 N–H and O–H groups in total. The molecular formula is C11H12BrNO4. The second kappa shape index (κ2) is 4.93. The molecule has 1 aromatic rings. The highest BCUT2D eigenvalue weighted by molar-refractivity contribution is 9.10. The van der Waals surface area contributed by atoms with E-state index in [1.807, 2.05) is 0 Å². The van der Waals surface area contributed by atoms with Gasteiger partial charge >= 0.3 is 5.97 Å². The Morgan fingerprint density at radius 3 is 3.06 bits per heavy atom. The molecule has 0 saturated heterocycles. The Balaban J connectivity index is 2.28. The molecule has 5 nitrogen and oxygen atoms in total. The van der Waals surface area contributed by atoms with Crippen LogP contribution in [0.15, 0.2) is 16.6 Å². The highest BCUT2D eigenvalue weighted by Gasteiger charge is 2.23. The minimum Gasteiger partial charge on any atom is -0.465 e. The van der Waals surface area contributed by atoms with Gasteiger partial charge in [-0.3, -0.25) is 0 Å². The lowest BCUT2D eigenvalue weighted by atomic mass is 10.1. The van der Waals surface area contributed by atoms with Gasteiger partial charge in [-0.2, -0.15) is 0 Å². The number of hydrogen-bond acceptors (Lipinski definition) is 5. The van der Waals surface area contributed by atoms with Crippen molar-refractivity contribution in [2.45, 2.75) is 13.0 Å². The Bertz CT molecular complexity index is 449. The van der Waals surface area contributed by atoms with E-state index in [-0.39, 0.29) is 6.79 Å². The van der Waals surface area contributed by atoms with Crippen LogP contribution in [0, 0.1) is 0 Å². The Labute approximate surface area is 107 Å². The largest absolute Gasteiger partial charge is 0.465 e. The number of fused-ring (bicyclic) bond motifs is 1. The van der Waals surface area contributed by atoms with Gasteiger partial charge in [0.2, 0.25) is 6.79 Å². The number of carbonyl (C=O) groups excluding carboxylic acids is 1. The molecule has 1 atom stereocenters. The van der Waals surface area contributed by atoms with Crippen molar-refractivity contribution in [1.29, 1.82) is 0 Å². The van der Waals surface area contributed by atoms with E-state index >= 15 is 0 Å². The summed E-state index contributed by atoms with van der Waals surface area (Å²) in [4.78, 5) is 11.5. The van der Waals surface area contributed by atoms with Gasteiger partial charge in [-0.25, -0.2) is 4.79 Å². The summed E-state index contributed by atoms with van der Waals surface area (Å²) in [6.45, 7) is 2.21. The first-order valence-electron chi connectivity index (χ1n) is 5.14. The SMILES string of the molecule is CCOC(=O)C(N)c1cc(Br)c2c(c1)OCO2. The number of ether oxygens (including phenoxy) is 3. The van der Waals surface area contributed by atoms with E-state index in [1.165, 1.54) is 0 Å². The first kappa shape index (κ1) is 12.2. The summed E-state index contributed by atoms with van der Waals surface area (Å²) >= 11 is 3.34. The average Bonchev–Trinajstić information content (AvgIpc) is 2.77. The fraction of sp³-hybridized carbons (Fsp3) is 0.364. The highest BCUT2D eigenvalue weighted by Crippen LogP contribution is 2.41. The number of halogens is 1. The number of carbonyl (C=O) groups is 1. The zero-order chi connectivity index (χ0) is 12.4. The van der Waals surface area contributed by atoms with Crippen molar-refractivity contribution in [3.63, 3.8) is 0 Å². The molecule has 1 unspecified atom stereocenters. The first-order valence-corrected chi connectivity index (χ1v) is 5.94. The summed E-state index contributed by atoms with van der Waals surface area (Å²) in [7, 11) is 0. The molecule has 1 aliphatic heterocycles. The fourth-order valence-electron chi connectivity index (χ4n) is 1.53. The van der Waals surface area contributed by atoms with Gasteiger partial charge in [-0.1, -0.05) is 0 Å². The second-order valence-corrected chi connectivity index (χ2v) is 4.32. The van der Waals surface area contributed by atoms with Gasteiger partial charge in [0.05, 0.1) is 11.1 Å². The highest BCUT2D eigenvalue weighted by atomic mass is 79.9. The molecule has 0 bridgehead atoms. The molecule has 0 amide bonds. The van der Waals surface area contributed by atoms with Crippen LogP contribution in [0.25, 0.3) is 0 Å². The lowest BCUT2D eigenvalue weighted by Gasteiger charge is -2.12. The van der Waals surface area contributed by atoms with Crippen molar-refractivity contribution < 1.29 is 19.0 Å². The number of esters is 1. The third-order valence-electron chi connectivity index (χ3n) is 2.35. The molecule has 0 radical (unpaired) electrons. The molecule has 1 aromatic carbocycles. The smallest absolute Gasteiger partial charge is 0.327 e. The molecule has 92 valence electrons. The summed E-state index contributed by atoms with van der Waals surface area (Å²) in [5, 5.41) is 0. The van der Waals surface area contributed by atoms with E-state index in [1.54, 1.807) is 19.1 Å². The van der Waals surface area contributed by atoms with E-state index in [4.69, 9.17) is 19.9 Å². The van der Waals surface area contributed by atoms with Gasteiger partial charge in [0.25, 0.3) is 0 Å². The zero-order valence-corrected chi connectivity index (χ0v) is 10.8. The van der Waals surface area contributed by atoms with Crippen molar-refractivity contribution in [1.82, 2.24) is 0 Å². The van der Waals surface area contributed by atoms with Crippen LogP contribution < -0.4 is 15.2 Å². The van der Waals surface area contributed by atoms with Gasteiger partial charge in [-0.05, 0) is 40.5 Å². The van der Waals surface area contributed by atoms with Crippen LogP contribution in [0.2, 0.25) is 0 Å². The Morgan fingerprint density at radius 1 is 1.59 bits per heavy atom. The Morgan fingerprint density at radius 2 is 2.35 bits per heavy atom. The first-order chi connectivity index (χ1) is 8.13. The molecule has 1 aliphatic rings. The predicted molar refractivity (Wildman–Crippen MR) is 63.8 cm³/mol. The molecule has 17 heavy (non-hydrogen) atoms. The molecule has 0 aliphatic carbocycles. The number of rotatable bonds is 3. The lowest BCUT2D eigenvalue weighted by molar-refractivity contribution is -0.144. The van der Waals surface area contributed by atoms with Crippen molar-refractivity contribution in [3.8, 4) is 11.5 Å². The summed E-state index contributed by atoms with van der Waals surface area (Å²) in [5.41, 5.74) is 6.42. The van der Waals surface area contributed by atoms with Crippen molar-refractivity contribution in [2.24, 2.45) is 5.73 Å². The van der Waals surface area contributed by atoms with Crippen LogP contribution in [0.5, 0.6) is 11.5 Å². The Kier molecular flexibility index (Phi) is 3.54. The van der Waals surface area contributed by atoms with Crippen LogP contribution in [0.3, 0.4) is 0 Å². The summed E-state index contributed by atoms with van der Waals surface area (Å²) < 4.78 is 16.1. The lowest BCUT2D eigenvalue weighted by Crippen LogP contribution is -2.23. The van der Waals surface area contributed by atoms with Crippen molar-refractivity contribution in [2.75, 3.05) is 13.4 Å². The topological polar surface area (TPSA) is 70.8 Å². The maximum absolute atomic E-state index is 11.5. The molecular weight excluding hydrogens is 290 g/mol. The molecule has 0 fully saturated rings. The molecule has 0 aromatic heterocycles. The molecule has 2 rings (SSSR count). The zero-order valence-electron chi connectivity index (χ0n) is 9.23. The minimum atomic E-state index is -0.819. The monoisotopic (exact) mass is 301 g/mol. The normalized spacial score (nSPS) is 14.5. The standard InChI is InChI=1S/C11H12BrNO4/c1-2-15-11(14)9(13)6-3-7(12)10-8(4-6)16-5-17-10/h3-4,9H,2,5,13H2,1H3. The summed E-state index contributed by atoms with van der Waals surface area (Å²) in [5.74, 6) is 0.747. The predicted octanol–water partition coefficient (Wildman–Crippen LogP) is 1.74. The van der Waals surface area contributed by atoms with Crippen molar-refractivity contribution >= 4 is 21.9 Å². The van der Waals surface area contributed by atoms with E-state index < -0.39 is 12.0 Å².